The Hall–Kier alpha value is -4.21. The van der Waals surface area contributed by atoms with Crippen LogP contribution in [0.3, 0.4) is 0 Å². The molecule has 0 aliphatic heterocycles. The summed E-state index contributed by atoms with van der Waals surface area (Å²) in [5.74, 6) is -2.29. The maximum absolute atomic E-state index is 13.5. The molecule has 0 spiro atoms. The molecule has 4 rings (SSSR count). The van der Waals surface area contributed by atoms with Crippen molar-refractivity contribution in [3.8, 4) is 0 Å². The van der Waals surface area contributed by atoms with Crippen molar-refractivity contribution in [2.24, 2.45) is 5.92 Å². The number of carbonyl (C=O) groups is 2. The van der Waals surface area contributed by atoms with Crippen LogP contribution in [0.2, 0.25) is 0 Å². The van der Waals surface area contributed by atoms with Gasteiger partial charge < -0.3 is 24.4 Å². The molecule has 3 aromatic heterocycles. The molecule has 0 saturated carbocycles. The molecule has 0 saturated heterocycles. The maximum Gasteiger partial charge on any atom is 0.356 e. The molecule has 1 amide bonds. The van der Waals surface area contributed by atoms with Crippen molar-refractivity contribution in [1.82, 2.24) is 9.55 Å². The second-order valence-corrected chi connectivity index (χ2v) is 8.41. The maximum atomic E-state index is 13.5. The molecule has 0 aliphatic rings. The molecule has 2 N–H and O–H groups in total. The van der Waals surface area contributed by atoms with Gasteiger partial charge in [0.25, 0.3) is 5.91 Å². The highest BCUT2D eigenvalue weighted by molar-refractivity contribution is 6.14. The van der Waals surface area contributed by atoms with Crippen LogP contribution >= 0.6 is 0 Å². The first-order valence-electron chi connectivity index (χ1n) is 10.9. The highest BCUT2D eigenvalue weighted by Gasteiger charge is 2.27. The lowest BCUT2D eigenvalue weighted by Gasteiger charge is -2.12. The van der Waals surface area contributed by atoms with Gasteiger partial charge in [-0.1, -0.05) is 13.8 Å². The van der Waals surface area contributed by atoms with Crippen molar-refractivity contribution in [3.05, 3.63) is 77.5 Å². The molecule has 0 radical (unpaired) electrons. The third-order valence-corrected chi connectivity index (χ3v) is 5.27. The monoisotopic (exact) mass is 482 g/mol. The molecular weight excluding hydrogens is 458 g/mol. The Morgan fingerprint density at radius 2 is 1.91 bits per heavy atom. The predicted molar refractivity (Wildman–Crippen MR) is 126 cm³/mol. The van der Waals surface area contributed by atoms with Gasteiger partial charge >= 0.3 is 5.97 Å². The molecule has 182 valence electrons. The molecule has 1 aromatic carbocycles. The molecule has 0 aliphatic carbocycles. The Kier molecular flexibility index (Phi) is 6.81. The SMILES string of the molecule is COC(=O)c1c(NC(=O)c2ccoc2)c2cc(NCc3cc(F)cc(F)c3)cnc2n1CC(C)C. The highest BCUT2D eigenvalue weighted by Crippen LogP contribution is 2.34. The summed E-state index contributed by atoms with van der Waals surface area (Å²) in [4.78, 5) is 30.2. The van der Waals surface area contributed by atoms with Gasteiger partial charge in [-0.3, -0.25) is 4.79 Å². The number of hydrogen-bond acceptors (Lipinski definition) is 6. The third kappa shape index (κ3) is 5.16. The summed E-state index contributed by atoms with van der Waals surface area (Å²) in [6.45, 7) is 4.56. The van der Waals surface area contributed by atoms with E-state index < -0.39 is 23.5 Å². The third-order valence-electron chi connectivity index (χ3n) is 5.27. The Bertz CT molecular complexity index is 1360. The minimum absolute atomic E-state index is 0.134. The number of anilines is 2. The number of amides is 1. The fourth-order valence-corrected chi connectivity index (χ4v) is 3.80. The second kappa shape index (κ2) is 9.96. The van der Waals surface area contributed by atoms with Crippen LogP contribution in [0.1, 0.15) is 40.3 Å². The van der Waals surface area contributed by atoms with E-state index in [0.29, 0.717) is 28.8 Å². The molecule has 10 heteroatoms. The van der Waals surface area contributed by atoms with E-state index in [2.05, 4.69) is 15.6 Å². The Labute approximate surface area is 199 Å². The number of furan rings is 1. The summed E-state index contributed by atoms with van der Waals surface area (Å²) in [7, 11) is 1.26. The number of benzene rings is 1. The number of hydrogen-bond donors (Lipinski definition) is 2. The van der Waals surface area contributed by atoms with E-state index in [1.165, 1.54) is 37.8 Å². The largest absolute Gasteiger partial charge is 0.472 e. The van der Waals surface area contributed by atoms with Crippen LogP contribution in [0.4, 0.5) is 20.2 Å². The molecule has 8 nitrogen and oxygen atoms in total. The molecular formula is C25H24F2N4O4. The molecule has 35 heavy (non-hydrogen) atoms. The van der Waals surface area contributed by atoms with E-state index in [1.54, 1.807) is 16.8 Å². The lowest BCUT2D eigenvalue weighted by Crippen LogP contribution is -2.18. The number of nitrogens with one attached hydrogen (secondary N) is 2. The van der Waals surface area contributed by atoms with E-state index >= 15 is 0 Å². The van der Waals surface area contributed by atoms with Gasteiger partial charge in [-0.25, -0.2) is 18.6 Å². The van der Waals surface area contributed by atoms with E-state index in [9.17, 15) is 18.4 Å². The van der Waals surface area contributed by atoms with Gasteiger partial charge in [0.05, 0.1) is 36.5 Å². The minimum atomic E-state index is -0.673. The number of rotatable bonds is 8. The number of halogens is 2. The normalized spacial score (nSPS) is 11.1. The van der Waals surface area contributed by atoms with E-state index in [0.717, 1.165) is 6.07 Å². The van der Waals surface area contributed by atoms with Crippen LogP contribution in [0.5, 0.6) is 0 Å². The van der Waals surface area contributed by atoms with Crippen molar-refractivity contribution in [3.63, 3.8) is 0 Å². The van der Waals surface area contributed by atoms with Gasteiger partial charge in [0.2, 0.25) is 0 Å². The molecule has 3 heterocycles. The van der Waals surface area contributed by atoms with Gasteiger partial charge in [-0.05, 0) is 35.7 Å². The van der Waals surface area contributed by atoms with Crippen LogP contribution in [0.25, 0.3) is 11.0 Å². The van der Waals surface area contributed by atoms with Gasteiger partial charge in [0, 0.05) is 24.5 Å². The van der Waals surface area contributed by atoms with Crippen LogP contribution in [-0.2, 0) is 17.8 Å². The average molecular weight is 482 g/mol. The zero-order valence-corrected chi connectivity index (χ0v) is 19.4. The quantitative estimate of drug-likeness (QED) is 0.335. The summed E-state index contributed by atoms with van der Waals surface area (Å²) < 4.78 is 38.8. The van der Waals surface area contributed by atoms with Crippen LogP contribution in [0, 0.1) is 17.6 Å². The molecule has 0 bridgehead atoms. The summed E-state index contributed by atoms with van der Waals surface area (Å²) in [5.41, 5.74) is 2.09. The van der Waals surface area contributed by atoms with Crippen molar-refractivity contribution < 1.29 is 27.5 Å². The first-order chi connectivity index (χ1) is 16.8. The fraction of sp³-hybridized carbons (Fsp3) is 0.240. The van der Waals surface area contributed by atoms with Crippen LogP contribution in [-0.4, -0.2) is 28.5 Å². The molecule has 0 unspecified atom stereocenters. The summed E-state index contributed by atoms with van der Waals surface area (Å²) in [5, 5.41) is 6.37. The fourth-order valence-electron chi connectivity index (χ4n) is 3.80. The van der Waals surface area contributed by atoms with E-state index in [-0.39, 0.29) is 29.4 Å². The molecule has 4 aromatic rings. The smallest absolute Gasteiger partial charge is 0.356 e. The summed E-state index contributed by atoms with van der Waals surface area (Å²) >= 11 is 0. The topological polar surface area (TPSA) is 98.4 Å². The standard InChI is InChI=1S/C25H24F2N4O4/c1-14(2)12-31-22(25(33)34-3)21(30-24(32)16-4-5-35-13-16)20-9-19(11-29-23(20)31)28-10-15-6-17(26)8-18(27)7-15/h4-9,11,13-14,28H,10,12H2,1-3H3,(H,30,32). The minimum Gasteiger partial charge on any atom is -0.472 e. The lowest BCUT2D eigenvalue weighted by atomic mass is 10.2. The number of fused-ring (bicyclic) bond motifs is 1. The zero-order chi connectivity index (χ0) is 25.1. The predicted octanol–water partition coefficient (Wildman–Crippen LogP) is 5.21. The van der Waals surface area contributed by atoms with Crippen LogP contribution < -0.4 is 10.6 Å². The first kappa shape index (κ1) is 23.9. The number of carbonyl (C=O) groups excluding carboxylic acids is 2. The van der Waals surface area contributed by atoms with Gasteiger partial charge in [-0.2, -0.15) is 0 Å². The molecule has 0 fully saturated rings. The lowest BCUT2D eigenvalue weighted by molar-refractivity contribution is 0.0589. The van der Waals surface area contributed by atoms with Crippen molar-refractivity contribution >= 4 is 34.3 Å². The summed E-state index contributed by atoms with van der Waals surface area (Å²) in [6, 6.07) is 6.48. The average Bonchev–Trinajstić information content (AvgIpc) is 3.44. The van der Waals surface area contributed by atoms with Gasteiger partial charge in [0.1, 0.15) is 23.5 Å². The Morgan fingerprint density at radius 1 is 1.17 bits per heavy atom. The molecule has 0 atom stereocenters. The van der Waals surface area contributed by atoms with Crippen molar-refractivity contribution in [2.45, 2.75) is 26.9 Å². The number of ether oxygens (including phenoxy) is 1. The number of aromatic nitrogens is 2. The van der Waals surface area contributed by atoms with Crippen LogP contribution in [0.15, 0.2) is 53.5 Å². The van der Waals surface area contributed by atoms with Gasteiger partial charge in [-0.15, -0.1) is 0 Å². The van der Waals surface area contributed by atoms with Crippen molar-refractivity contribution in [1.29, 1.82) is 0 Å². The summed E-state index contributed by atoms with van der Waals surface area (Å²) in [6.07, 6.45) is 4.22. The first-order valence-corrected chi connectivity index (χ1v) is 10.9. The van der Waals surface area contributed by atoms with E-state index in [1.807, 2.05) is 13.8 Å². The second-order valence-electron chi connectivity index (χ2n) is 8.41. The Morgan fingerprint density at radius 3 is 2.54 bits per heavy atom. The number of esters is 1. The van der Waals surface area contributed by atoms with Crippen molar-refractivity contribution in [2.75, 3.05) is 17.7 Å². The Balaban J connectivity index is 1.78. The zero-order valence-electron chi connectivity index (χ0n) is 19.4. The number of pyridine rings is 1. The number of methoxy groups -OCH3 is 1. The highest BCUT2D eigenvalue weighted by atomic mass is 19.1. The van der Waals surface area contributed by atoms with E-state index in [4.69, 9.17) is 9.15 Å². The number of nitrogens with zero attached hydrogens (tertiary/aromatic N) is 2. The van der Waals surface area contributed by atoms with Gasteiger partial charge in [0.15, 0.2) is 5.69 Å².